The number of aromatic amines is 1. The first kappa shape index (κ1) is 25.0. The molecule has 1 fully saturated rings. The number of methoxy groups -OCH3 is 2. The van der Waals surface area contributed by atoms with E-state index in [1.165, 1.54) is 0 Å². The van der Waals surface area contributed by atoms with E-state index in [0.29, 0.717) is 47.3 Å². The highest BCUT2D eigenvalue weighted by Gasteiger charge is 2.16. The van der Waals surface area contributed by atoms with Gasteiger partial charge >= 0.3 is 0 Å². The Labute approximate surface area is 209 Å². The molecule has 188 valence electrons. The smallest absolute Gasteiger partial charge is 0.253 e. The van der Waals surface area contributed by atoms with E-state index in [-0.39, 0.29) is 5.56 Å². The van der Waals surface area contributed by atoms with Crippen molar-refractivity contribution in [2.45, 2.75) is 19.5 Å². The molecular formula is C25H32N4O5S. The van der Waals surface area contributed by atoms with Crippen molar-refractivity contribution >= 4 is 28.2 Å². The third kappa shape index (κ3) is 6.53. The number of ether oxygens (including phenoxy) is 3. The Balaban J connectivity index is 1.51. The van der Waals surface area contributed by atoms with Crippen LogP contribution in [0.5, 0.6) is 11.5 Å². The number of nitrogens with zero attached hydrogens (tertiary/aromatic N) is 2. The van der Waals surface area contributed by atoms with Crippen molar-refractivity contribution in [2.75, 3.05) is 53.6 Å². The number of morpholine rings is 1. The van der Waals surface area contributed by atoms with Crippen LogP contribution in [-0.4, -0.2) is 73.5 Å². The molecule has 0 spiro atoms. The molecule has 0 atom stereocenters. The minimum absolute atomic E-state index is 0.156. The van der Waals surface area contributed by atoms with Gasteiger partial charge in [-0.25, -0.2) is 0 Å². The summed E-state index contributed by atoms with van der Waals surface area (Å²) in [6.45, 7) is 5.95. The van der Waals surface area contributed by atoms with Gasteiger partial charge in [0.2, 0.25) is 0 Å². The maximum absolute atomic E-state index is 13.0. The molecule has 35 heavy (non-hydrogen) atoms. The number of pyridine rings is 1. The summed E-state index contributed by atoms with van der Waals surface area (Å²) >= 11 is 5.72. The Morgan fingerprint density at radius 3 is 2.69 bits per heavy atom. The van der Waals surface area contributed by atoms with Gasteiger partial charge in [0.25, 0.3) is 5.56 Å². The van der Waals surface area contributed by atoms with Crippen LogP contribution < -0.4 is 20.3 Å². The topological polar surface area (TPSA) is 92.2 Å². The van der Waals surface area contributed by atoms with Crippen molar-refractivity contribution in [2.24, 2.45) is 0 Å². The maximum Gasteiger partial charge on any atom is 0.253 e. The molecule has 1 aliphatic rings. The SMILES string of the molecule is COc1cc2cc(CN(CCCN3CCOCC3)C(=S)NCc3ccco3)c(=O)[nH]c2cc1OC. The molecule has 0 unspecified atom stereocenters. The molecule has 2 aromatic heterocycles. The molecule has 3 aromatic rings. The summed E-state index contributed by atoms with van der Waals surface area (Å²) in [6, 6.07) is 9.27. The standard InChI is InChI=1S/C25H32N4O5S/c1-31-22-14-18-13-19(24(30)27-21(18)15-23(22)32-2)17-29(7-4-6-28-8-11-33-12-9-28)25(35)26-16-20-5-3-10-34-20/h3,5,10,13-15H,4,6-9,11-12,16-17H2,1-2H3,(H,26,35)(H,27,30). The number of nitrogens with one attached hydrogen (secondary N) is 2. The quantitative estimate of drug-likeness (QED) is 0.408. The Hall–Kier alpha value is -3.08. The van der Waals surface area contributed by atoms with Gasteiger partial charge in [0, 0.05) is 43.2 Å². The van der Waals surface area contributed by atoms with Gasteiger partial charge in [-0.15, -0.1) is 0 Å². The fourth-order valence-corrected chi connectivity index (χ4v) is 4.38. The Morgan fingerprint density at radius 2 is 1.97 bits per heavy atom. The number of hydrogen-bond acceptors (Lipinski definition) is 7. The highest BCUT2D eigenvalue weighted by Crippen LogP contribution is 2.31. The predicted molar refractivity (Wildman–Crippen MR) is 138 cm³/mol. The van der Waals surface area contributed by atoms with Crippen LogP contribution in [0, 0.1) is 0 Å². The van der Waals surface area contributed by atoms with E-state index in [2.05, 4.69) is 15.2 Å². The second-order valence-electron chi connectivity index (χ2n) is 8.39. The summed E-state index contributed by atoms with van der Waals surface area (Å²) in [5, 5.41) is 4.71. The summed E-state index contributed by atoms with van der Waals surface area (Å²) in [5.74, 6) is 1.97. The van der Waals surface area contributed by atoms with Crippen molar-refractivity contribution in [1.29, 1.82) is 0 Å². The van der Waals surface area contributed by atoms with Crippen LogP contribution in [0.2, 0.25) is 0 Å². The van der Waals surface area contributed by atoms with Crippen molar-refractivity contribution in [3.05, 3.63) is 58.3 Å². The minimum atomic E-state index is -0.156. The second kappa shape index (κ2) is 12.1. The molecule has 10 heteroatoms. The number of furan rings is 1. The molecule has 0 radical (unpaired) electrons. The van der Waals surface area contributed by atoms with Crippen LogP contribution in [0.3, 0.4) is 0 Å². The maximum atomic E-state index is 13.0. The molecule has 3 heterocycles. The number of H-pyrrole nitrogens is 1. The first-order valence-corrected chi connectivity index (χ1v) is 12.1. The van der Waals surface area contributed by atoms with Gasteiger partial charge in [-0.3, -0.25) is 9.69 Å². The predicted octanol–water partition coefficient (Wildman–Crippen LogP) is 2.74. The lowest BCUT2D eigenvalue weighted by atomic mass is 10.1. The molecule has 1 aromatic carbocycles. The lowest BCUT2D eigenvalue weighted by molar-refractivity contribution is 0.0367. The second-order valence-corrected chi connectivity index (χ2v) is 8.77. The number of benzene rings is 1. The molecule has 0 aliphatic carbocycles. The monoisotopic (exact) mass is 500 g/mol. The molecule has 1 aliphatic heterocycles. The van der Waals surface area contributed by atoms with Gasteiger partial charge in [0.05, 0.1) is 52.3 Å². The third-order valence-corrected chi connectivity index (χ3v) is 6.48. The van der Waals surface area contributed by atoms with Gasteiger partial charge < -0.3 is 33.8 Å². The van der Waals surface area contributed by atoms with Gasteiger partial charge in [-0.2, -0.15) is 0 Å². The number of fused-ring (bicyclic) bond motifs is 1. The molecule has 2 N–H and O–H groups in total. The van der Waals surface area contributed by atoms with Crippen molar-refractivity contribution in [3.63, 3.8) is 0 Å². The van der Waals surface area contributed by atoms with Crippen LogP contribution in [0.4, 0.5) is 0 Å². The van der Waals surface area contributed by atoms with Crippen molar-refractivity contribution < 1.29 is 18.6 Å². The minimum Gasteiger partial charge on any atom is -0.493 e. The summed E-state index contributed by atoms with van der Waals surface area (Å²) in [5.41, 5.74) is 1.16. The van der Waals surface area contributed by atoms with E-state index in [1.54, 1.807) is 26.5 Å². The zero-order chi connectivity index (χ0) is 24.6. The van der Waals surface area contributed by atoms with E-state index in [0.717, 1.165) is 50.4 Å². The molecule has 0 amide bonds. The third-order valence-electron chi connectivity index (χ3n) is 6.07. The number of thiocarbonyl (C=S) groups is 1. The molecule has 0 saturated carbocycles. The number of aromatic nitrogens is 1. The fourth-order valence-electron chi connectivity index (χ4n) is 4.15. The van der Waals surface area contributed by atoms with Crippen LogP contribution in [-0.2, 0) is 17.8 Å². The van der Waals surface area contributed by atoms with Crippen LogP contribution >= 0.6 is 12.2 Å². The molecule has 9 nitrogen and oxygen atoms in total. The lowest BCUT2D eigenvalue weighted by Gasteiger charge is -2.29. The largest absolute Gasteiger partial charge is 0.493 e. The fraction of sp³-hybridized carbons (Fsp3) is 0.440. The van der Waals surface area contributed by atoms with Crippen LogP contribution in [0.25, 0.3) is 10.9 Å². The van der Waals surface area contributed by atoms with E-state index >= 15 is 0 Å². The van der Waals surface area contributed by atoms with E-state index in [1.807, 2.05) is 29.2 Å². The van der Waals surface area contributed by atoms with Crippen LogP contribution in [0.1, 0.15) is 17.7 Å². The highest BCUT2D eigenvalue weighted by molar-refractivity contribution is 7.80. The Morgan fingerprint density at radius 1 is 1.20 bits per heavy atom. The average molecular weight is 501 g/mol. The Kier molecular flexibility index (Phi) is 8.62. The van der Waals surface area contributed by atoms with E-state index in [9.17, 15) is 4.79 Å². The number of rotatable bonds is 10. The summed E-state index contributed by atoms with van der Waals surface area (Å²) in [6.07, 6.45) is 2.55. The molecule has 0 bridgehead atoms. The summed E-state index contributed by atoms with van der Waals surface area (Å²) < 4.78 is 21.7. The first-order chi connectivity index (χ1) is 17.1. The molecule has 1 saturated heterocycles. The number of hydrogen-bond donors (Lipinski definition) is 2. The van der Waals surface area contributed by atoms with Gasteiger partial charge in [0.1, 0.15) is 5.76 Å². The Bertz CT molecular complexity index is 1170. The van der Waals surface area contributed by atoms with Gasteiger partial charge in [-0.1, -0.05) is 0 Å². The average Bonchev–Trinajstić information content (AvgIpc) is 3.40. The first-order valence-electron chi connectivity index (χ1n) is 11.7. The molecule has 4 rings (SSSR count). The van der Waals surface area contributed by atoms with Crippen molar-refractivity contribution in [3.8, 4) is 11.5 Å². The highest BCUT2D eigenvalue weighted by atomic mass is 32.1. The summed E-state index contributed by atoms with van der Waals surface area (Å²) in [4.78, 5) is 20.4. The van der Waals surface area contributed by atoms with Gasteiger partial charge in [0.15, 0.2) is 16.6 Å². The van der Waals surface area contributed by atoms with E-state index < -0.39 is 0 Å². The van der Waals surface area contributed by atoms with Crippen LogP contribution in [0.15, 0.2) is 45.8 Å². The van der Waals surface area contributed by atoms with E-state index in [4.69, 9.17) is 30.8 Å². The lowest BCUT2D eigenvalue weighted by Crippen LogP contribution is -2.42. The summed E-state index contributed by atoms with van der Waals surface area (Å²) in [7, 11) is 3.16. The zero-order valence-electron chi connectivity index (χ0n) is 20.2. The zero-order valence-corrected chi connectivity index (χ0v) is 21.0. The van der Waals surface area contributed by atoms with Crippen molar-refractivity contribution in [1.82, 2.24) is 20.1 Å². The molecular weight excluding hydrogens is 468 g/mol. The van der Waals surface area contributed by atoms with Gasteiger partial charge in [-0.05, 0) is 42.9 Å². The normalized spacial score (nSPS) is 14.1.